The van der Waals surface area contributed by atoms with E-state index in [1.165, 1.54) is 6.07 Å². The van der Waals surface area contributed by atoms with Crippen LogP contribution in [-0.2, 0) is 0 Å². The van der Waals surface area contributed by atoms with Crippen LogP contribution >= 0.6 is 0 Å². The first-order valence-electron chi connectivity index (χ1n) is 7.46. The first kappa shape index (κ1) is 21.1. The van der Waals surface area contributed by atoms with E-state index in [2.05, 4.69) is 4.98 Å². The molecule has 0 saturated carbocycles. The number of hydrogen-bond donors (Lipinski definition) is 0. The van der Waals surface area contributed by atoms with Crippen molar-refractivity contribution in [2.45, 2.75) is 0 Å². The third-order valence-corrected chi connectivity index (χ3v) is 3.97. The summed E-state index contributed by atoms with van der Waals surface area (Å²) in [5.41, 5.74) is -6.05. The standard InChI is InChI=1S/C18H2F10N2/c19-9-7(10(20)14(24)17(27)13(9)23)5-3-30-6(1-4(5)2-29)8-11(21)15(25)18(28)16(26)12(8)22/h1,3H. The van der Waals surface area contributed by atoms with E-state index in [0.29, 0.717) is 12.3 Å². The Kier molecular flexibility index (Phi) is 5.15. The third kappa shape index (κ3) is 2.94. The summed E-state index contributed by atoms with van der Waals surface area (Å²) in [5.74, 6) is -23.5. The fourth-order valence-electron chi connectivity index (χ4n) is 2.55. The molecule has 0 N–H and O–H groups in total. The van der Waals surface area contributed by atoms with Gasteiger partial charge in [-0.15, -0.1) is 0 Å². The summed E-state index contributed by atoms with van der Waals surface area (Å²) < 4.78 is 136. The van der Waals surface area contributed by atoms with Gasteiger partial charge in [0, 0.05) is 11.8 Å². The van der Waals surface area contributed by atoms with Crippen molar-refractivity contribution in [1.82, 2.24) is 4.98 Å². The molecule has 2 aromatic carbocycles. The molecular formula is C18H2F10N2. The van der Waals surface area contributed by atoms with Gasteiger partial charge in [0.15, 0.2) is 46.5 Å². The molecule has 0 atom stereocenters. The van der Waals surface area contributed by atoms with Crippen LogP contribution < -0.4 is 0 Å². The fourth-order valence-corrected chi connectivity index (χ4v) is 2.55. The quantitative estimate of drug-likeness (QED) is 0.295. The van der Waals surface area contributed by atoms with Crippen molar-refractivity contribution in [2.75, 3.05) is 0 Å². The number of nitriles is 1. The van der Waals surface area contributed by atoms with E-state index in [1.54, 1.807) is 0 Å². The highest BCUT2D eigenvalue weighted by Crippen LogP contribution is 2.36. The van der Waals surface area contributed by atoms with E-state index in [-0.39, 0.29) is 0 Å². The average Bonchev–Trinajstić information content (AvgIpc) is 2.74. The lowest BCUT2D eigenvalue weighted by Gasteiger charge is -2.12. The van der Waals surface area contributed by atoms with Gasteiger partial charge in [-0.1, -0.05) is 0 Å². The lowest BCUT2D eigenvalue weighted by molar-refractivity contribution is 0.381. The van der Waals surface area contributed by atoms with Gasteiger partial charge in [0.05, 0.1) is 28.5 Å². The van der Waals surface area contributed by atoms with Gasteiger partial charge in [-0.25, -0.2) is 43.9 Å². The number of rotatable bonds is 2. The van der Waals surface area contributed by atoms with Crippen LogP contribution in [0.5, 0.6) is 0 Å². The largest absolute Gasteiger partial charge is 0.255 e. The molecule has 154 valence electrons. The van der Waals surface area contributed by atoms with Gasteiger partial charge in [-0.2, -0.15) is 5.26 Å². The maximum Gasteiger partial charge on any atom is 0.200 e. The molecule has 0 spiro atoms. The van der Waals surface area contributed by atoms with Crippen LogP contribution in [0.15, 0.2) is 12.3 Å². The van der Waals surface area contributed by atoms with Gasteiger partial charge < -0.3 is 0 Å². The predicted molar refractivity (Wildman–Crippen MR) is 79.4 cm³/mol. The Hall–Kier alpha value is -3.62. The van der Waals surface area contributed by atoms with Crippen LogP contribution in [-0.4, -0.2) is 4.98 Å². The van der Waals surface area contributed by atoms with E-state index in [1.807, 2.05) is 0 Å². The van der Waals surface area contributed by atoms with Crippen LogP contribution in [0.4, 0.5) is 43.9 Å². The van der Waals surface area contributed by atoms with Crippen LogP contribution in [0.3, 0.4) is 0 Å². The first-order valence-corrected chi connectivity index (χ1v) is 7.46. The second kappa shape index (κ2) is 7.33. The Morgan fingerprint density at radius 1 is 0.567 bits per heavy atom. The minimum Gasteiger partial charge on any atom is -0.255 e. The highest BCUT2D eigenvalue weighted by Gasteiger charge is 2.30. The van der Waals surface area contributed by atoms with Crippen molar-refractivity contribution in [3.63, 3.8) is 0 Å². The molecule has 0 fully saturated rings. The zero-order valence-corrected chi connectivity index (χ0v) is 13.8. The Labute approximate surface area is 159 Å². The van der Waals surface area contributed by atoms with Crippen molar-refractivity contribution in [3.05, 3.63) is 76.0 Å². The number of benzene rings is 2. The molecular weight excluding hydrogens is 434 g/mol. The van der Waals surface area contributed by atoms with E-state index >= 15 is 0 Å². The van der Waals surface area contributed by atoms with Crippen LogP contribution in [0.25, 0.3) is 22.4 Å². The molecule has 0 amide bonds. The fraction of sp³-hybridized carbons (Fsp3) is 0. The summed E-state index contributed by atoms with van der Waals surface area (Å²) >= 11 is 0. The molecule has 0 radical (unpaired) electrons. The van der Waals surface area contributed by atoms with Gasteiger partial charge in [-0.3, -0.25) is 4.98 Å². The third-order valence-electron chi connectivity index (χ3n) is 3.97. The minimum atomic E-state index is -2.47. The number of hydrogen-bond acceptors (Lipinski definition) is 2. The number of pyridine rings is 1. The van der Waals surface area contributed by atoms with Crippen molar-refractivity contribution in [1.29, 1.82) is 5.26 Å². The van der Waals surface area contributed by atoms with E-state index < -0.39 is 86.1 Å². The second-order valence-corrected chi connectivity index (χ2v) is 5.62. The molecule has 3 rings (SSSR count). The Balaban J connectivity index is 2.33. The van der Waals surface area contributed by atoms with Gasteiger partial charge in [0.25, 0.3) is 0 Å². The van der Waals surface area contributed by atoms with Crippen molar-refractivity contribution < 1.29 is 43.9 Å². The van der Waals surface area contributed by atoms with Gasteiger partial charge in [0.1, 0.15) is 0 Å². The second-order valence-electron chi connectivity index (χ2n) is 5.62. The maximum absolute atomic E-state index is 14.0. The first-order chi connectivity index (χ1) is 14.0. The summed E-state index contributed by atoms with van der Waals surface area (Å²) in [6.07, 6.45) is 0.296. The highest BCUT2D eigenvalue weighted by molar-refractivity contribution is 5.75. The van der Waals surface area contributed by atoms with Crippen LogP contribution in [0.2, 0.25) is 0 Å². The smallest absolute Gasteiger partial charge is 0.200 e. The number of nitrogens with zero attached hydrogens (tertiary/aromatic N) is 2. The minimum absolute atomic E-state index is 0.296. The molecule has 30 heavy (non-hydrogen) atoms. The lowest BCUT2D eigenvalue weighted by atomic mass is 9.98. The Morgan fingerprint density at radius 3 is 1.33 bits per heavy atom. The Morgan fingerprint density at radius 2 is 0.933 bits per heavy atom. The van der Waals surface area contributed by atoms with Gasteiger partial charge in [-0.05, 0) is 6.07 Å². The molecule has 1 heterocycles. The maximum atomic E-state index is 14.0. The molecule has 0 unspecified atom stereocenters. The van der Waals surface area contributed by atoms with E-state index in [4.69, 9.17) is 5.26 Å². The Bertz CT molecular complexity index is 1210. The molecule has 0 bridgehead atoms. The highest BCUT2D eigenvalue weighted by atomic mass is 19.2. The van der Waals surface area contributed by atoms with Crippen molar-refractivity contribution >= 4 is 0 Å². The molecule has 0 aliphatic heterocycles. The molecule has 12 heteroatoms. The molecule has 1 aromatic heterocycles. The van der Waals surface area contributed by atoms with Crippen LogP contribution in [0.1, 0.15) is 5.56 Å². The van der Waals surface area contributed by atoms with E-state index in [0.717, 1.165) is 0 Å². The van der Waals surface area contributed by atoms with Crippen molar-refractivity contribution in [2.24, 2.45) is 0 Å². The lowest BCUT2D eigenvalue weighted by Crippen LogP contribution is -2.07. The molecule has 3 aromatic rings. The monoisotopic (exact) mass is 436 g/mol. The number of halogens is 10. The summed E-state index contributed by atoms with van der Waals surface area (Å²) in [4.78, 5) is 3.27. The average molecular weight is 436 g/mol. The SMILES string of the molecule is N#Cc1cc(-c2c(F)c(F)c(F)c(F)c2F)ncc1-c1c(F)c(F)c(F)c(F)c1F. The molecule has 0 aliphatic carbocycles. The molecule has 0 aliphatic rings. The summed E-state index contributed by atoms with van der Waals surface area (Å²) in [6, 6.07) is 1.64. The number of aromatic nitrogens is 1. The predicted octanol–water partition coefficient (Wildman–Crippen LogP) is 5.68. The van der Waals surface area contributed by atoms with Gasteiger partial charge in [0.2, 0.25) is 11.6 Å². The molecule has 0 saturated heterocycles. The normalized spacial score (nSPS) is 11.0. The zero-order chi connectivity index (χ0) is 22.5. The zero-order valence-electron chi connectivity index (χ0n) is 13.8. The molecule has 2 nitrogen and oxygen atoms in total. The topological polar surface area (TPSA) is 36.7 Å². The van der Waals surface area contributed by atoms with E-state index in [9.17, 15) is 43.9 Å². The van der Waals surface area contributed by atoms with Crippen LogP contribution in [0, 0.1) is 69.5 Å². The van der Waals surface area contributed by atoms with Crippen molar-refractivity contribution in [3.8, 4) is 28.5 Å². The summed E-state index contributed by atoms with van der Waals surface area (Å²) in [6.45, 7) is 0. The van der Waals surface area contributed by atoms with Gasteiger partial charge >= 0.3 is 0 Å². The summed E-state index contributed by atoms with van der Waals surface area (Å²) in [7, 11) is 0. The summed E-state index contributed by atoms with van der Waals surface area (Å²) in [5, 5.41) is 9.14.